The molecule has 2 bridgehead atoms. The lowest BCUT2D eigenvalue weighted by Crippen LogP contribution is -2.66. The van der Waals surface area contributed by atoms with Crippen LogP contribution < -0.4 is 9.80 Å². The Morgan fingerprint density at radius 2 is 1.55 bits per heavy atom. The van der Waals surface area contributed by atoms with E-state index in [2.05, 4.69) is 13.8 Å². The van der Waals surface area contributed by atoms with Crippen molar-refractivity contribution in [3.8, 4) is 0 Å². The number of hydrogen-bond donors (Lipinski definition) is 2. The van der Waals surface area contributed by atoms with Crippen LogP contribution in [0.4, 0.5) is 21.0 Å². The fraction of sp³-hybridized carbons (Fsp3) is 0.500. The average molecular weight is 639 g/mol. The number of ether oxygens (including phenoxy) is 2. The van der Waals surface area contributed by atoms with E-state index in [0.29, 0.717) is 37.9 Å². The predicted octanol–water partition coefficient (Wildman–Crippen LogP) is 5.23. The summed E-state index contributed by atoms with van der Waals surface area (Å²) in [6, 6.07) is 15.3. The first-order valence-electron chi connectivity index (χ1n) is 16.8. The number of Topliss-reactive ketones (excluding diaryl/α,β-unsaturated/α-hetero) is 1. The van der Waals surface area contributed by atoms with E-state index in [1.807, 2.05) is 55.5 Å². The van der Waals surface area contributed by atoms with Gasteiger partial charge in [0.1, 0.15) is 12.7 Å². The molecule has 9 heteroatoms. The van der Waals surface area contributed by atoms with Crippen molar-refractivity contribution in [2.75, 3.05) is 29.5 Å². The summed E-state index contributed by atoms with van der Waals surface area (Å²) in [5, 5.41) is 25.4. The van der Waals surface area contributed by atoms with E-state index in [4.69, 9.17) is 9.47 Å². The third-order valence-corrected chi connectivity index (χ3v) is 12.5. The summed E-state index contributed by atoms with van der Waals surface area (Å²) in [6.07, 6.45) is 1.45. The molecular formula is C38H42N2O7. The number of carbonyl (C=O) groups excluding carboxylic acids is 3. The van der Waals surface area contributed by atoms with Gasteiger partial charge in [-0.05, 0) is 83.8 Å². The highest BCUT2D eigenvalue weighted by Gasteiger charge is 2.76. The normalized spacial score (nSPS) is 35.8. The number of aliphatic hydroxyl groups is 2. The van der Waals surface area contributed by atoms with Crippen LogP contribution in [0.5, 0.6) is 0 Å². The molecule has 2 fully saturated rings. The van der Waals surface area contributed by atoms with Gasteiger partial charge in [-0.15, -0.1) is 0 Å². The molecule has 2 aliphatic heterocycles. The molecule has 4 aliphatic carbocycles. The Kier molecular flexibility index (Phi) is 6.64. The zero-order valence-electron chi connectivity index (χ0n) is 27.3. The maximum atomic E-state index is 14.9. The highest BCUT2D eigenvalue weighted by Crippen LogP contribution is 2.71. The second kappa shape index (κ2) is 10.3. The van der Waals surface area contributed by atoms with Crippen molar-refractivity contribution in [2.24, 2.45) is 34.5 Å². The fourth-order valence-electron chi connectivity index (χ4n) is 10.0. The largest absolute Gasteiger partial charge is 0.445 e. The highest BCUT2D eigenvalue weighted by molar-refractivity contribution is 5.96. The SMILES string of the molecule is CC1=C[C@]23C(=O)[C@@H](C=C(COC(=O)N4CCc5ccccc54)[C@@H](O)[C@]2(O)[C@H]1OC(=O)N1CCc2ccccc21)[C@H]1C(C[C@H]3C)C1(C)C. The van der Waals surface area contributed by atoms with Crippen molar-refractivity contribution in [3.05, 3.63) is 83.0 Å². The Balaban J connectivity index is 1.15. The van der Waals surface area contributed by atoms with Gasteiger partial charge in [-0.2, -0.15) is 0 Å². The number of benzene rings is 2. The van der Waals surface area contributed by atoms with Crippen LogP contribution in [0, 0.1) is 34.5 Å². The topological polar surface area (TPSA) is 117 Å². The van der Waals surface area contributed by atoms with Crippen LogP contribution in [0.15, 0.2) is 71.8 Å². The Hall–Kier alpha value is -3.95. The minimum absolute atomic E-state index is 0.0129. The van der Waals surface area contributed by atoms with Crippen LogP contribution in [0.2, 0.25) is 0 Å². The van der Waals surface area contributed by atoms with Gasteiger partial charge < -0.3 is 19.7 Å². The smallest absolute Gasteiger partial charge is 0.415 e. The molecule has 1 unspecified atom stereocenters. The summed E-state index contributed by atoms with van der Waals surface area (Å²) in [6.45, 7) is 8.64. The zero-order chi connectivity index (χ0) is 33.0. The van der Waals surface area contributed by atoms with Gasteiger partial charge in [0.05, 0.1) is 16.8 Å². The molecule has 2 aromatic carbocycles. The molecule has 2 aromatic rings. The van der Waals surface area contributed by atoms with Crippen LogP contribution >= 0.6 is 0 Å². The van der Waals surface area contributed by atoms with Gasteiger partial charge in [0.15, 0.2) is 17.5 Å². The van der Waals surface area contributed by atoms with Crippen molar-refractivity contribution in [3.63, 3.8) is 0 Å². The molecule has 0 saturated heterocycles. The molecule has 246 valence electrons. The van der Waals surface area contributed by atoms with E-state index in [1.54, 1.807) is 28.9 Å². The summed E-state index contributed by atoms with van der Waals surface area (Å²) < 4.78 is 12.0. The highest BCUT2D eigenvalue weighted by atomic mass is 16.6. The summed E-state index contributed by atoms with van der Waals surface area (Å²) in [5.41, 5.74) is 0.566. The van der Waals surface area contributed by atoms with Crippen LogP contribution in [0.25, 0.3) is 0 Å². The Morgan fingerprint density at radius 1 is 0.957 bits per heavy atom. The summed E-state index contributed by atoms with van der Waals surface area (Å²) in [4.78, 5) is 45.3. The van der Waals surface area contributed by atoms with Gasteiger partial charge in [-0.25, -0.2) is 9.59 Å². The van der Waals surface area contributed by atoms with Crippen molar-refractivity contribution in [1.29, 1.82) is 0 Å². The Morgan fingerprint density at radius 3 is 2.19 bits per heavy atom. The average Bonchev–Trinajstić information content (AvgIpc) is 3.44. The fourth-order valence-corrected chi connectivity index (χ4v) is 10.0. The molecule has 8 atom stereocenters. The van der Waals surface area contributed by atoms with Crippen LogP contribution in [0.1, 0.15) is 45.2 Å². The first-order chi connectivity index (χ1) is 22.4. The standard InChI is InChI=1S/C38H42N2O7/c1-21-19-37-22(2)17-27-30(36(27,3)4)26(32(37)42)18-25(20-46-34(43)39-15-13-23-9-5-7-11-28(23)39)31(41)38(37,45)33(21)47-35(44)40-16-14-24-10-6-8-12-29(24)40/h5-12,18-19,22,26-27,30-31,33,41,45H,13-17,20H2,1-4H3/t22-,26+,27?,30+,31-,33+,37+,38+/m1/s1. The number of ketones is 1. The first kappa shape index (κ1) is 30.4. The number of allylic oxidation sites excluding steroid dienone is 1. The lowest BCUT2D eigenvalue weighted by atomic mass is 9.59. The van der Waals surface area contributed by atoms with E-state index in [0.717, 1.165) is 22.5 Å². The number of nitrogens with zero attached hydrogens (tertiary/aromatic N) is 2. The van der Waals surface area contributed by atoms with Crippen LogP contribution in [-0.4, -0.2) is 65.7 Å². The molecular weight excluding hydrogens is 596 g/mol. The number of fused-ring (bicyclic) bond motifs is 5. The second-order valence-electron chi connectivity index (χ2n) is 15.1. The lowest BCUT2D eigenvalue weighted by molar-refractivity contribution is -0.189. The summed E-state index contributed by atoms with van der Waals surface area (Å²) >= 11 is 0. The second-order valence-corrected chi connectivity index (χ2v) is 15.1. The van der Waals surface area contributed by atoms with E-state index in [9.17, 15) is 24.6 Å². The lowest BCUT2D eigenvalue weighted by Gasteiger charge is -2.49. The number of carbonyl (C=O) groups is 3. The van der Waals surface area contributed by atoms with Crippen molar-refractivity contribution in [2.45, 2.75) is 64.8 Å². The molecule has 2 saturated carbocycles. The first-order valence-corrected chi connectivity index (χ1v) is 16.8. The molecule has 2 amide bonds. The molecule has 1 spiro atoms. The van der Waals surface area contributed by atoms with Crippen molar-refractivity contribution in [1.82, 2.24) is 0 Å². The third kappa shape index (κ3) is 4.05. The molecule has 47 heavy (non-hydrogen) atoms. The quantitative estimate of drug-likeness (QED) is 0.443. The van der Waals surface area contributed by atoms with E-state index in [1.165, 1.54) is 0 Å². The van der Waals surface area contributed by atoms with Gasteiger partial charge in [-0.1, -0.05) is 69.3 Å². The Labute approximate surface area is 274 Å². The number of para-hydroxylation sites is 2. The Bertz CT molecular complexity index is 1760. The molecule has 2 N–H and O–H groups in total. The molecule has 0 radical (unpaired) electrons. The minimum atomic E-state index is -2.21. The van der Waals surface area contributed by atoms with Gasteiger partial charge in [0.2, 0.25) is 0 Å². The summed E-state index contributed by atoms with van der Waals surface area (Å²) in [7, 11) is 0. The van der Waals surface area contributed by atoms with Gasteiger partial charge in [0.25, 0.3) is 0 Å². The van der Waals surface area contributed by atoms with E-state index >= 15 is 0 Å². The van der Waals surface area contributed by atoms with Gasteiger partial charge >= 0.3 is 12.2 Å². The molecule has 2 heterocycles. The number of rotatable bonds is 3. The van der Waals surface area contributed by atoms with Crippen molar-refractivity contribution >= 4 is 29.3 Å². The molecule has 9 nitrogen and oxygen atoms in total. The maximum Gasteiger partial charge on any atom is 0.415 e. The summed E-state index contributed by atoms with van der Waals surface area (Å²) in [5.74, 6) is -0.879. The van der Waals surface area contributed by atoms with Crippen LogP contribution in [-0.2, 0) is 27.1 Å². The van der Waals surface area contributed by atoms with Gasteiger partial charge in [-0.3, -0.25) is 14.6 Å². The van der Waals surface area contributed by atoms with E-state index in [-0.39, 0.29) is 41.1 Å². The molecule has 0 aromatic heterocycles. The number of aliphatic hydroxyl groups excluding tert-OH is 1. The van der Waals surface area contributed by atoms with Crippen LogP contribution in [0.3, 0.4) is 0 Å². The van der Waals surface area contributed by atoms with Crippen molar-refractivity contribution < 1.29 is 34.1 Å². The van der Waals surface area contributed by atoms with Gasteiger partial charge in [0, 0.05) is 19.0 Å². The predicted molar refractivity (Wildman–Crippen MR) is 175 cm³/mol. The van der Waals surface area contributed by atoms with E-state index < -0.39 is 41.3 Å². The molecule has 8 rings (SSSR count). The number of anilines is 2. The molecule has 6 aliphatic rings. The third-order valence-electron chi connectivity index (χ3n) is 12.5. The number of hydrogen-bond acceptors (Lipinski definition) is 7. The zero-order valence-corrected chi connectivity index (χ0v) is 27.3. The number of amides is 2. The monoisotopic (exact) mass is 638 g/mol. The maximum absolute atomic E-state index is 14.9. The minimum Gasteiger partial charge on any atom is -0.445 e.